The Labute approximate surface area is 193 Å². The molecule has 0 unspecified atom stereocenters. The number of aromatic nitrogens is 2. The molecule has 0 aliphatic carbocycles. The molecule has 1 aromatic heterocycles. The Bertz CT molecular complexity index is 1070. The monoisotopic (exact) mass is 566 g/mol. The molecule has 15 heteroatoms. The third kappa shape index (κ3) is 5.12. The summed E-state index contributed by atoms with van der Waals surface area (Å²) >= 11 is 7.65. The molecule has 1 aromatic carbocycles. The lowest BCUT2D eigenvalue weighted by molar-refractivity contribution is -0.330. The average Bonchev–Trinajstić information content (AvgIpc) is 2.95. The summed E-state index contributed by atoms with van der Waals surface area (Å²) in [7, 11) is 1.22. The van der Waals surface area contributed by atoms with Crippen molar-refractivity contribution in [1.29, 1.82) is 5.41 Å². The van der Waals surface area contributed by atoms with Gasteiger partial charge in [0.05, 0.1) is 9.50 Å². The number of hydrogen-bond donors (Lipinski definition) is 2. The number of rotatable bonds is 8. The van der Waals surface area contributed by atoms with Crippen molar-refractivity contribution in [2.75, 3.05) is 5.32 Å². The Morgan fingerprint density at radius 3 is 2.41 bits per heavy atom. The van der Waals surface area contributed by atoms with Gasteiger partial charge in [-0.25, -0.2) is 0 Å². The number of nitrogens with one attached hydrogen (secondary N) is 2. The van der Waals surface area contributed by atoms with E-state index in [1.807, 2.05) is 0 Å². The zero-order valence-electron chi connectivity index (χ0n) is 15.6. The van der Waals surface area contributed by atoms with Crippen molar-refractivity contribution in [1.82, 2.24) is 9.78 Å². The van der Waals surface area contributed by atoms with E-state index in [-0.39, 0.29) is 26.4 Å². The van der Waals surface area contributed by atoms with E-state index in [4.69, 9.17) is 17.0 Å². The summed E-state index contributed by atoms with van der Waals surface area (Å²) in [5, 5.41) is 7.48. The van der Waals surface area contributed by atoms with Gasteiger partial charge in [-0.05, 0) is 45.4 Å². The predicted octanol–water partition coefficient (Wildman–Crippen LogP) is 6.63. The third-order valence-electron chi connectivity index (χ3n) is 3.88. The highest BCUT2D eigenvalue weighted by Gasteiger charge is 2.73. The Hall–Kier alpha value is -2.06. The van der Waals surface area contributed by atoms with Crippen LogP contribution in [0.4, 0.5) is 36.6 Å². The number of benzene rings is 1. The average molecular weight is 568 g/mol. The number of hydrogen-bond acceptors (Lipinski definition) is 5. The fourth-order valence-corrected chi connectivity index (χ4v) is 3.91. The molecule has 0 bridgehead atoms. The smallest absolute Gasteiger partial charge is 0.345 e. The van der Waals surface area contributed by atoms with Crippen LogP contribution in [0, 0.1) is 5.41 Å². The summed E-state index contributed by atoms with van der Waals surface area (Å²) in [5.74, 6) is -6.38. The molecule has 174 valence electrons. The van der Waals surface area contributed by atoms with Crippen LogP contribution >= 0.6 is 39.3 Å². The Morgan fingerprint density at radius 1 is 1.25 bits per heavy atom. The first-order chi connectivity index (χ1) is 14.7. The quantitative estimate of drug-likeness (QED) is 0.163. The summed E-state index contributed by atoms with van der Waals surface area (Å²) in [6, 6.07) is 4.29. The van der Waals surface area contributed by atoms with Crippen LogP contribution in [0.2, 0.25) is 5.02 Å². The normalized spacial score (nSPS) is 13.2. The van der Waals surface area contributed by atoms with E-state index in [0.29, 0.717) is 11.8 Å². The van der Waals surface area contributed by atoms with Crippen molar-refractivity contribution >= 4 is 63.2 Å². The maximum absolute atomic E-state index is 13.7. The zero-order chi connectivity index (χ0) is 24.5. The topological polar surface area (TPSA) is 70.8 Å². The molecule has 0 aliphatic rings. The summed E-state index contributed by atoms with van der Waals surface area (Å²) in [5.41, 5.74) is 0.717. The van der Waals surface area contributed by atoms with E-state index in [9.17, 15) is 35.5 Å². The molecule has 32 heavy (non-hydrogen) atoms. The molecule has 0 spiro atoms. The maximum atomic E-state index is 13.7. The van der Waals surface area contributed by atoms with Crippen LogP contribution < -0.4 is 5.32 Å². The van der Waals surface area contributed by atoms with E-state index >= 15 is 0 Å². The minimum atomic E-state index is -6.47. The van der Waals surface area contributed by atoms with E-state index < -0.39 is 34.1 Å². The van der Waals surface area contributed by atoms with Gasteiger partial charge in [0.2, 0.25) is 0 Å². The number of halogens is 9. The number of carbonyl (C=O) groups excluding carboxylic acids is 1. The van der Waals surface area contributed by atoms with Gasteiger partial charge in [0.1, 0.15) is 10.8 Å². The van der Waals surface area contributed by atoms with Crippen LogP contribution in [-0.4, -0.2) is 39.6 Å². The molecule has 1 heterocycles. The number of anilines is 1. The summed E-state index contributed by atoms with van der Waals surface area (Å²) in [4.78, 5) is 11.0. The molecular weight excluding hydrogens is 557 g/mol. The van der Waals surface area contributed by atoms with Gasteiger partial charge in [-0.2, -0.15) is 35.8 Å². The van der Waals surface area contributed by atoms with Crippen molar-refractivity contribution in [2.45, 2.75) is 22.4 Å². The van der Waals surface area contributed by atoms with Crippen LogP contribution in [0.5, 0.6) is 0 Å². The molecule has 2 rings (SSSR count). The zero-order valence-corrected chi connectivity index (χ0v) is 18.7. The van der Waals surface area contributed by atoms with Crippen molar-refractivity contribution in [3.63, 3.8) is 0 Å². The highest BCUT2D eigenvalue weighted by molar-refractivity contribution is 9.10. The second-order valence-corrected chi connectivity index (χ2v) is 8.33. The standard InChI is InChI=1S/C17H11BrClF7N4OS/c1-30-13(28-6-10(5-27)8-2-3-11(19)9(4-8)7-31)12(18)14(29-30)32-17(25,26)15(20,21)16(22,23)24/h2-7,27-28H,1H3/b10-6+,27-5?. The van der Waals surface area contributed by atoms with Gasteiger partial charge in [0.25, 0.3) is 0 Å². The van der Waals surface area contributed by atoms with E-state index in [0.717, 1.165) is 10.9 Å². The molecule has 0 atom stereocenters. The highest BCUT2D eigenvalue weighted by Crippen LogP contribution is 2.54. The minimum Gasteiger partial charge on any atom is -0.345 e. The Balaban J connectivity index is 2.35. The van der Waals surface area contributed by atoms with Gasteiger partial charge in [0, 0.05) is 30.6 Å². The molecule has 5 nitrogen and oxygen atoms in total. The van der Waals surface area contributed by atoms with Crippen LogP contribution in [0.1, 0.15) is 15.9 Å². The van der Waals surface area contributed by atoms with E-state index in [1.54, 1.807) is 0 Å². The first-order valence-electron chi connectivity index (χ1n) is 8.12. The Kier molecular flexibility index (Phi) is 7.72. The van der Waals surface area contributed by atoms with Gasteiger partial charge < -0.3 is 10.7 Å². The Morgan fingerprint density at radius 2 is 1.88 bits per heavy atom. The molecule has 2 aromatic rings. The van der Waals surface area contributed by atoms with Crippen molar-refractivity contribution in [3.05, 3.63) is 45.0 Å². The second-order valence-electron chi connectivity index (χ2n) is 6.02. The van der Waals surface area contributed by atoms with Gasteiger partial charge in [-0.3, -0.25) is 9.48 Å². The van der Waals surface area contributed by atoms with E-state index in [2.05, 4.69) is 26.3 Å². The lowest BCUT2D eigenvalue weighted by atomic mass is 10.1. The van der Waals surface area contributed by atoms with Gasteiger partial charge in [-0.1, -0.05) is 17.7 Å². The number of allylic oxidation sites excluding steroid dienone is 1. The minimum absolute atomic E-state index is 0.0810. The molecule has 0 radical (unpaired) electrons. The number of nitrogens with zero attached hydrogens (tertiary/aromatic N) is 2. The SMILES string of the molecule is Cn1nc(SC(F)(F)C(F)(F)C(F)(F)F)c(Br)c1N/C=C(\C=N)c1ccc(Cl)c(C=O)c1. The molecular formula is C17H11BrClF7N4OS. The van der Waals surface area contributed by atoms with Crippen molar-refractivity contribution in [3.8, 4) is 0 Å². The van der Waals surface area contributed by atoms with Gasteiger partial charge in [-0.15, -0.1) is 0 Å². The van der Waals surface area contributed by atoms with Crippen molar-refractivity contribution < 1.29 is 35.5 Å². The molecule has 0 amide bonds. The van der Waals surface area contributed by atoms with Crippen LogP contribution in [0.15, 0.2) is 33.9 Å². The lowest BCUT2D eigenvalue weighted by Gasteiger charge is -2.26. The van der Waals surface area contributed by atoms with E-state index in [1.165, 1.54) is 31.4 Å². The largest absolute Gasteiger partial charge is 0.460 e. The fourth-order valence-electron chi connectivity index (χ4n) is 2.21. The van der Waals surface area contributed by atoms with Crippen LogP contribution in [0.25, 0.3) is 5.57 Å². The van der Waals surface area contributed by atoms with Crippen LogP contribution in [-0.2, 0) is 7.05 Å². The summed E-state index contributed by atoms with van der Waals surface area (Å²) in [6.07, 6.45) is -3.86. The first kappa shape index (κ1) is 26.2. The second kappa shape index (κ2) is 9.43. The molecule has 0 saturated carbocycles. The van der Waals surface area contributed by atoms with Gasteiger partial charge in [0.15, 0.2) is 6.29 Å². The number of alkyl halides is 7. The number of aldehydes is 1. The summed E-state index contributed by atoms with van der Waals surface area (Å²) in [6.45, 7) is 0. The highest BCUT2D eigenvalue weighted by atomic mass is 79.9. The number of aryl methyl sites for hydroxylation is 1. The van der Waals surface area contributed by atoms with Crippen LogP contribution in [0.3, 0.4) is 0 Å². The van der Waals surface area contributed by atoms with Crippen molar-refractivity contribution in [2.24, 2.45) is 7.05 Å². The first-order valence-corrected chi connectivity index (χ1v) is 10.1. The third-order valence-corrected chi connectivity index (χ3v) is 6.23. The summed E-state index contributed by atoms with van der Waals surface area (Å²) < 4.78 is 91.5. The number of carbonyl (C=O) groups is 1. The fraction of sp³-hybridized carbons (Fsp3) is 0.235. The van der Waals surface area contributed by atoms with Gasteiger partial charge >= 0.3 is 17.4 Å². The molecule has 0 saturated heterocycles. The number of thioether (sulfide) groups is 1. The molecule has 0 aliphatic heterocycles. The predicted molar refractivity (Wildman–Crippen MR) is 110 cm³/mol. The lowest BCUT2D eigenvalue weighted by Crippen LogP contribution is -2.50. The maximum Gasteiger partial charge on any atom is 0.460 e. The molecule has 2 N–H and O–H groups in total. The molecule has 0 fully saturated rings.